The summed E-state index contributed by atoms with van der Waals surface area (Å²) in [6.45, 7) is 6.13. The Balaban J connectivity index is 3.24. The van der Waals surface area contributed by atoms with E-state index in [1.165, 1.54) is 89.9 Å². The third kappa shape index (κ3) is 15.1. The summed E-state index contributed by atoms with van der Waals surface area (Å²) in [5, 5.41) is 0. The first-order chi connectivity index (χ1) is 12.0. The van der Waals surface area contributed by atoms with Crippen molar-refractivity contribution in [1.29, 1.82) is 0 Å². The van der Waals surface area contributed by atoms with Crippen LogP contribution in [0.5, 0.6) is 0 Å². The predicted octanol–water partition coefficient (Wildman–Crippen LogP) is 7.66. The first-order valence-corrected chi connectivity index (χ1v) is 14.2. The quantitative estimate of drug-likeness (QED) is 0.179. The molecule has 0 aliphatic rings. The van der Waals surface area contributed by atoms with Crippen LogP contribution in [0, 0.1) is 0 Å². The molecule has 0 aromatic carbocycles. The van der Waals surface area contributed by atoms with Gasteiger partial charge >= 0.3 is 120 Å². The fraction of sp³-hybridized carbons (Fsp3) is 1.00. The van der Waals surface area contributed by atoms with Gasteiger partial charge in [-0.2, -0.15) is 0 Å². The molecule has 0 spiro atoms. The van der Waals surface area contributed by atoms with Crippen LogP contribution in [0.3, 0.4) is 0 Å². The van der Waals surface area contributed by atoms with Crippen LogP contribution in [0.25, 0.3) is 0 Å². The topological polar surface area (TPSA) is 40.5 Å². The van der Waals surface area contributed by atoms with Crippen LogP contribution in [0.4, 0.5) is 0 Å². The van der Waals surface area contributed by atoms with Crippen molar-refractivity contribution >= 4 is 7.06 Å². The average molecular weight is 377 g/mol. The van der Waals surface area contributed by atoms with Crippen molar-refractivity contribution in [3.63, 3.8) is 0 Å². The molecule has 0 aromatic heterocycles. The molecule has 0 bridgehead atoms. The molecule has 0 aromatic rings. The van der Waals surface area contributed by atoms with E-state index in [2.05, 4.69) is 6.92 Å². The Kier molecular flexibility index (Phi) is 15.6. The maximum atomic E-state index is 10.4. The van der Waals surface area contributed by atoms with Gasteiger partial charge in [-0.3, -0.25) is 0 Å². The van der Waals surface area contributed by atoms with Crippen LogP contribution in [0.1, 0.15) is 124 Å². The molecule has 0 aliphatic carbocycles. The summed E-state index contributed by atoms with van der Waals surface area (Å²) < 4.78 is 0. The van der Waals surface area contributed by atoms with Crippen LogP contribution >= 0.6 is 7.06 Å². The van der Waals surface area contributed by atoms with Crippen molar-refractivity contribution < 1.29 is 9.79 Å². The van der Waals surface area contributed by atoms with Gasteiger partial charge in [-0.15, -0.1) is 0 Å². The van der Waals surface area contributed by atoms with Gasteiger partial charge < -0.3 is 0 Å². The maximum absolute atomic E-state index is 10.4. The second kappa shape index (κ2) is 15.4. The van der Waals surface area contributed by atoms with Crippen LogP contribution < -0.4 is 0 Å². The van der Waals surface area contributed by atoms with E-state index < -0.39 is 7.06 Å². The van der Waals surface area contributed by atoms with Gasteiger partial charge in [0.1, 0.15) is 0 Å². The third-order valence-electron chi connectivity index (χ3n) is 5.99. The Morgan fingerprint density at radius 3 is 1.00 bits per heavy atom. The Labute approximate surface area is 159 Å². The molecule has 0 amide bonds. The van der Waals surface area contributed by atoms with Crippen LogP contribution in [0.2, 0.25) is 0 Å². The summed E-state index contributed by atoms with van der Waals surface area (Å²) in [4.78, 5) is 20.8. The molecule has 0 radical (unpaired) electrons. The van der Waals surface area contributed by atoms with Crippen molar-refractivity contribution in [2.45, 2.75) is 124 Å². The molecule has 2 N–H and O–H groups in total. The summed E-state index contributed by atoms with van der Waals surface area (Å²) in [6, 6.07) is 0. The Morgan fingerprint density at radius 2 is 0.720 bits per heavy atom. The van der Waals surface area contributed by atoms with Gasteiger partial charge in [-0.25, -0.2) is 0 Å². The molecule has 0 unspecified atom stereocenters. The van der Waals surface area contributed by atoms with Crippen LogP contribution in [0.15, 0.2) is 0 Å². The molecule has 0 heterocycles. The van der Waals surface area contributed by atoms with E-state index in [0.29, 0.717) is 18.5 Å². The summed E-state index contributed by atoms with van der Waals surface area (Å²) in [7, 11) is -3.27. The van der Waals surface area contributed by atoms with Crippen molar-refractivity contribution in [1.82, 2.24) is 0 Å². The summed E-state index contributed by atoms with van der Waals surface area (Å²) >= 11 is 0. The van der Waals surface area contributed by atoms with Crippen molar-refractivity contribution in [2.24, 2.45) is 0 Å². The molecular weight excluding hydrogens is 327 g/mol. The number of unbranched alkanes of at least 4 members (excludes halogenated alkanes) is 15. The molecule has 0 saturated carbocycles. The molecule has 0 atom stereocenters. The monoisotopic (exact) mass is 376 g/mol. The first-order valence-electron chi connectivity index (χ1n) is 11.5. The molecule has 154 valence electrons. The zero-order valence-corrected chi connectivity index (χ0v) is 18.7. The molecule has 2 nitrogen and oxygen atoms in total. The minimum atomic E-state index is -3.27. The van der Waals surface area contributed by atoms with E-state index in [1.807, 2.05) is 13.8 Å². The minimum absolute atomic E-state index is 0.556. The van der Waals surface area contributed by atoms with Gasteiger partial charge in [0.2, 0.25) is 0 Å². The van der Waals surface area contributed by atoms with E-state index >= 15 is 0 Å². The van der Waals surface area contributed by atoms with Crippen molar-refractivity contribution in [3.8, 4) is 0 Å². The number of hydrogen-bond donors (Lipinski definition) is 2. The second-order valence-electron chi connectivity index (χ2n) is 8.27. The Morgan fingerprint density at radius 1 is 0.440 bits per heavy atom. The number of hydrogen-bond acceptors (Lipinski definition) is 2. The zero-order valence-electron chi connectivity index (χ0n) is 17.8. The van der Waals surface area contributed by atoms with E-state index in [9.17, 15) is 9.79 Å². The first kappa shape index (κ1) is 25.4. The molecular formula is C22H49O2P. The fourth-order valence-corrected chi connectivity index (χ4v) is 5.60. The van der Waals surface area contributed by atoms with Gasteiger partial charge in [-0.1, -0.05) is 39.0 Å². The molecule has 25 heavy (non-hydrogen) atoms. The van der Waals surface area contributed by atoms with Gasteiger partial charge in [0, 0.05) is 0 Å². The third-order valence-corrected chi connectivity index (χ3v) is 10.3. The van der Waals surface area contributed by atoms with Gasteiger partial charge in [0.05, 0.1) is 0 Å². The molecule has 0 saturated heterocycles. The second-order valence-corrected chi connectivity index (χ2v) is 13.2. The van der Waals surface area contributed by atoms with Crippen molar-refractivity contribution in [2.75, 3.05) is 18.5 Å². The fourth-order valence-electron chi connectivity index (χ4n) is 3.56. The number of rotatable bonds is 19. The normalized spacial score (nSPS) is 13.7. The molecule has 3 heteroatoms. The summed E-state index contributed by atoms with van der Waals surface area (Å²) in [5.74, 6) is 0. The van der Waals surface area contributed by atoms with E-state index in [-0.39, 0.29) is 0 Å². The van der Waals surface area contributed by atoms with E-state index in [4.69, 9.17) is 0 Å². The Bertz CT molecular complexity index is 284. The van der Waals surface area contributed by atoms with E-state index in [0.717, 1.165) is 12.8 Å². The average Bonchev–Trinajstić information content (AvgIpc) is 2.62. The standard InChI is InChI=1S/C22H49O2P/c1-4-7-8-9-10-11-12-13-14-15-16-17-18-19-20-21-22-25(23,24,5-2)6-3/h23-24H,4-22H2,1-3H3. The van der Waals surface area contributed by atoms with Gasteiger partial charge in [0.15, 0.2) is 0 Å². The zero-order chi connectivity index (χ0) is 18.9. The van der Waals surface area contributed by atoms with Gasteiger partial charge in [0.25, 0.3) is 0 Å². The SMILES string of the molecule is CCCCCCCCCCCCCCCCCCP(O)(O)(CC)CC. The van der Waals surface area contributed by atoms with Crippen LogP contribution in [-0.4, -0.2) is 28.3 Å². The molecule has 0 rings (SSSR count). The summed E-state index contributed by atoms with van der Waals surface area (Å²) in [5.41, 5.74) is 0. The Hall–Kier alpha value is 0.350. The van der Waals surface area contributed by atoms with Crippen LogP contribution in [-0.2, 0) is 0 Å². The van der Waals surface area contributed by atoms with Gasteiger partial charge in [-0.05, 0) is 0 Å². The molecule has 0 aliphatic heterocycles. The summed E-state index contributed by atoms with van der Waals surface area (Å²) in [6.07, 6.45) is 23.5. The predicted molar refractivity (Wildman–Crippen MR) is 117 cm³/mol. The van der Waals surface area contributed by atoms with Crippen molar-refractivity contribution in [3.05, 3.63) is 0 Å². The van der Waals surface area contributed by atoms with E-state index in [1.54, 1.807) is 0 Å². The molecule has 0 fully saturated rings.